The van der Waals surface area contributed by atoms with Gasteiger partial charge in [0.2, 0.25) is 0 Å². The molecule has 1 fully saturated rings. The lowest BCUT2D eigenvalue weighted by atomic mass is 10.1. The SMILES string of the molecule is CCOC(=O)NC(Cc1ccccc1)C(=O)NN1CN(NC(=O)C(Cc2ccccc2)NC(=O)OCC)CN(NC(=O)C(Cc2ccccc2)NC(=O)OCC)C1. The van der Waals surface area contributed by atoms with Crippen molar-refractivity contribution in [2.24, 2.45) is 0 Å². The van der Waals surface area contributed by atoms with Crippen LogP contribution in [0, 0.1) is 0 Å². The highest BCUT2D eigenvalue weighted by Crippen LogP contribution is 2.10. The predicted octanol–water partition coefficient (Wildman–Crippen LogP) is 1.94. The molecule has 18 heteroatoms. The maximum absolute atomic E-state index is 13.8. The zero-order chi connectivity index (χ0) is 41.0. The second-order valence-corrected chi connectivity index (χ2v) is 12.8. The lowest BCUT2D eigenvalue weighted by Gasteiger charge is -2.42. The van der Waals surface area contributed by atoms with Gasteiger partial charge in [0.1, 0.15) is 18.1 Å². The Morgan fingerprint density at radius 2 is 0.702 bits per heavy atom. The average molecular weight is 790 g/mol. The molecule has 0 aromatic heterocycles. The molecule has 306 valence electrons. The average Bonchev–Trinajstić information content (AvgIpc) is 3.18. The number of hydrogen-bond donors (Lipinski definition) is 6. The Hall–Kier alpha value is -6.24. The van der Waals surface area contributed by atoms with Crippen LogP contribution in [0.15, 0.2) is 91.0 Å². The van der Waals surface area contributed by atoms with Gasteiger partial charge >= 0.3 is 18.3 Å². The van der Waals surface area contributed by atoms with Crippen molar-refractivity contribution >= 4 is 36.0 Å². The van der Waals surface area contributed by atoms with E-state index in [1.807, 2.05) is 91.0 Å². The van der Waals surface area contributed by atoms with Gasteiger partial charge in [-0.25, -0.2) is 14.4 Å². The van der Waals surface area contributed by atoms with Crippen LogP contribution >= 0.6 is 0 Å². The summed E-state index contributed by atoms with van der Waals surface area (Å²) in [5.41, 5.74) is 10.7. The number of alkyl carbamates (subject to hydrolysis) is 3. The Balaban J connectivity index is 1.58. The van der Waals surface area contributed by atoms with Crippen LogP contribution in [0.25, 0.3) is 0 Å². The highest BCUT2D eigenvalue weighted by atomic mass is 16.6. The molecule has 0 bridgehead atoms. The molecular formula is C39H51N9O9. The first kappa shape index (κ1) is 43.5. The van der Waals surface area contributed by atoms with Gasteiger partial charge in [0.15, 0.2) is 0 Å². The van der Waals surface area contributed by atoms with E-state index in [1.165, 1.54) is 15.0 Å². The molecule has 18 nitrogen and oxygen atoms in total. The summed E-state index contributed by atoms with van der Waals surface area (Å²) in [6.07, 6.45) is -1.98. The normalized spacial score (nSPS) is 14.8. The van der Waals surface area contributed by atoms with Gasteiger partial charge in [-0.1, -0.05) is 91.0 Å². The van der Waals surface area contributed by atoms with Gasteiger partial charge in [0.25, 0.3) is 17.7 Å². The Morgan fingerprint density at radius 1 is 0.456 bits per heavy atom. The second-order valence-electron chi connectivity index (χ2n) is 12.8. The van der Waals surface area contributed by atoms with Gasteiger partial charge in [0.05, 0.1) is 39.8 Å². The van der Waals surface area contributed by atoms with Crippen molar-refractivity contribution in [2.75, 3.05) is 39.8 Å². The molecule has 1 aliphatic rings. The molecule has 0 spiro atoms. The van der Waals surface area contributed by atoms with E-state index in [-0.39, 0.29) is 59.1 Å². The van der Waals surface area contributed by atoms with Crippen LogP contribution in [0.1, 0.15) is 37.5 Å². The number of rotatable bonds is 18. The summed E-state index contributed by atoms with van der Waals surface area (Å²) < 4.78 is 15.2. The van der Waals surface area contributed by atoms with Crippen molar-refractivity contribution in [3.05, 3.63) is 108 Å². The monoisotopic (exact) mass is 789 g/mol. The summed E-state index contributed by atoms with van der Waals surface area (Å²) in [5, 5.41) is 12.0. The predicted molar refractivity (Wildman–Crippen MR) is 207 cm³/mol. The lowest BCUT2D eigenvalue weighted by Crippen LogP contribution is -2.69. The summed E-state index contributed by atoms with van der Waals surface area (Å²) in [6, 6.07) is 24.0. The zero-order valence-electron chi connectivity index (χ0n) is 32.3. The van der Waals surface area contributed by atoms with E-state index in [1.54, 1.807) is 20.8 Å². The zero-order valence-corrected chi connectivity index (χ0v) is 32.3. The number of carbonyl (C=O) groups is 6. The summed E-state index contributed by atoms with van der Waals surface area (Å²) in [5.74, 6) is -1.82. The third-order valence-electron chi connectivity index (χ3n) is 8.33. The molecule has 6 N–H and O–H groups in total. The molecular weight excluding hydrogens is 738 g/mol. The van der Waals surface area contributed by atoms with Crippen molar-refractivity contribution in [3.8, 4) is 0 Å². The van der Waals surface area contributed by atoms with Crippen molar-refractivity contribution in [1.29, 1.82) is 0 Å². The first-order valence-corrected chi connectivity index (χ1v) is 18.6. The Kier molecular flexibility index (Phi) is 17.5. The van der Waals surface area contributed by atoms with E-state index in [0.29, 0.717) is 0 Å². The topological polar surface area (TPSA) is 212 Å². The van der Waals surface area contributed by atoms with Crippen molar-refractivity contribution in [3.63, 3.8) is 0 Å². The molecule has 0 radical (unpaired) electrons. The molecule has 57 heavy (non-hydrogen) atoms. The van der Waals surface area contributed by atoms with Crippen LogP contribution in [-0.4, -0.2) is 109 Å². The van der Waals surface area contributed by atoms with E-state index in [2.05, 4.69) is 32.2 Å². The van der Waals surface area contributed by atoms with Crippen molar-refractivity contribution < 1.29 is 43.0 Å². The molecule has 3 aromatic carbocycles. The van der Waals surface area contributed by atoms with Crippen molar-refractivity contribution in [1.82, 2.24) is 47.3 Å². The van der Waals surface area contributed by atoms with E-state index >= 15 is 0 Å². The van der Waals surface area contributed by atoms with Gasteiger partial charge in [0, 0.05) is 19.3 Å². The molecule has 3 atom stereocenters. The maximum Gasteiger partial charge on any atom is 0.407 e. The van der Waals surface area contributed by atoms with Crippen LogP contribution < -0.4 is 32.2 Å². The summed E-state index contributed by atoms with van der Waals surface area (Å²) in [4.78, 5) is 79.0. The number of nitrogens with one attached hydrogen (secondary N) is 6. The summed E-state index contributed by atoms with van der Waals surface area (Å²) >= 11 is 0. The number of carbonyl (C=O) groups excluding carboxylic acids is 6. The molecule has 0 saturated carbocycles. The Labute approximate surface area is 331 Å². The third-order valence-corrected chi connectivity index (χ3v) is 8.33. The minimum atomic E-state index is -1.08. The molecule has 1 saturated heterocycles. The number of nitrogens with zero attached hydrogens (tertiary/aromatic N) is 3. The van der Waals surface area contributed by atoms with Gasteiger partial charge in [-0.05, 0) is 37.5 Å². The van der Waals surface area contributed by atoms with Gasteiger partial charge in [-0.3, -0.25) is 30.7 Å². The smallest absolute Gasteiger partial charge is 0.407 e. The standard InChI is InChI=1S/C39H51N9O9/c1-4-55-37(52)40-31(22-28-16-10-7-11-17-28)34(49)43-46-25-47(44-35(50)32(41-38(53)56-5-2)23-29-18-12-8-13-19-29)27-48(26-46)45-36(51)33(42-39(54)57-6-3)24-30-20-14-9-15-21-30/h7-21,31-33H,4-6,22-27H2,1-3H3,(H,40,52)(H,41,53)(H,42,54)(H,43,49)(H,44,50)(H,45,51). The van der Waals surface area contributed by atoms with Crippen LogP contribution in [0.2, 0.25) is 0 Å². The number of hydrogen-bond acceptors (Lipinski definition) is 12. The summed E-state index contributed by atoms with van der Waals surface area (Å²) in [7, 11) is 0. The van der Waals surface area contributed by atoms with Gasteiger partial charge in [-0.15, -0.1) is 0 Å². The lowest BCUT2D eigenvalue weighted by molar-refractivity contribution is -0.153. The first-order chi connectivity index (χ1) is 27.6. The van der Waals surface area contributed by atoms with Crippen LogP contribution in [0.3, 0.4) is 0 Å². The van der Waals surface area contributed by atoms with Crippen LogP contribution in [-0.2, 0) is 47.9 Å². The summed E-state index contributed by atoms with van der Waals surface area (Å²) in [6.45, 7) is 4.89. The van der Waals surface area contributed by atoms with Crippen LogP contribution in [0.5, 0.6) is 0 Å². The maximum atomic E-state index is 13.8. The van der Waals surface area contributed by atoms with E-state index in [0.717, 1.165) is 16.7 Å². The molecule has 3 unspecified atom stereocenters. The third kappa shape index (κ3) is 15.1. The fourth-order valence-corrected chi connectivity index (χ4v) is 5.79. The number of ether oxygens (including phenoxy) is 3. The number of amides is 6. The first-order valence-electron chi connectivity index (χ1n) is 18.6. The van der Waals surface area contributed by atoms with Crippen LogP contribution in [0.4, 0.5) is 14.4 Å². The van der Waals surface area contributed by atoms with Gasteiger partial charge in [-0.2, -0.15) is 15.0 Å². The molecule has 3 aromatic rings. The Morgan fingerprint density at radius 3 is 0.930 bits per heavy atom. The Bertz CT molecular complexity index is 1550. The molecule has 6 amide bonds. The highest BCUT2D eigenvalue weighted by Gasteiger charge is 2.33. The van der Waals surface area contributed by atoms with Gasteiger partial charge < -0.3 is 30.2 Å². The van der Waals surface area contributed by atoms with E-state index in [4.69, 9.17) is 14.2 Å². The fourth-order valence-electron chi connectivity index (χ4n) is 5.79. The second kappa shape index (κ2) is 23.0. The fraction of sp³-hybridized carbons (Fsp3) is 0.385. The molecule has 1 aliphatic heterocycles. The minimum absolute atomic E-state index is 0.0908. The van der Waals surface area contributed by atoms with Crippen molar-refractivity contribution in [2.45, 2.75) is 58.2 Å². The van der Waals surface area contributed by atoms with E-state index < -0.39 is 54.1 Å². The highest BCUT2D eigenvalue weighted by molar-refractivity contribution is 5.87. The molecule has 0 aliphatic carbocycles. The number of benzene rings is 3. The molecule has 4 rings (SSSR count). The number of hydrazine groups is 3. The van der Waals surface area contributed by atoms with E-state index in [9.17, 15) is 28.8 Å². The minimum Gasteiger partial charge on any atom is -0.450 e. The largest absolute Gasteiger partial charge is 0.450 e. The molecule has 1 heterocycles. The quantitative estimate of drug-likeness (QED) is 0.102.